The molecule has 7 aromatic carbocycles. The first-order chi connectivity index (χ1) is 19.8. The molecule has 9 rings (SSSR count). The molecule has 2 nitrogen and oxygen atoms in total. The van der Waals surface area contributed by atoms with Gasteiger partial charge < -0.3 is 9.15 Å². The maximum absolute atomic E-state index is 6.41. The summed E-state index contributed by atoms with van der Waals surface area (Å²) >= 11 is 0. The largest absolute Gasteiger partial charge is 0.456 e. The average molecular weight is 511 g/mol. The molecule has 186 valence electrons. The van der Waals surface area contributed by atoms with E-state index in [2.05, 4.69) is 121 Å². The van der Waals surface area contributed by atoms with E-state index < -0.39 is 0 Å². The van der Waals surface area contributed by atoms with Crippen LogP contribution in [0.3, 0.4) is 0 Å². The molecule has 0 amide bonds. The summed E-state index contributed by atoms with van der Waals surface area (Å²) in [6, 6.07) is 47.2. The molecule has 1 aliphatic rings. The van der Waals surface area contributed by atoms with Crippen LogP contribution in [0.2, 0.25) is 0 Å². The highest BCUT2D eigenvalue weighted by molar-refractivity contribution is 6.23. The second-order valence-electron chi connectivity index (χ2n) is 10.5. The van der Waals surface area contributed by atoms with E-state index in [0.717, 1.165) is 39.0 Å². The summed E-state index contributed by atoms with van der Waals surface area (Å²) in [6.45, 7) is 0. The van der Waals surface area contributed by atoms with Crippen LogP contribution in [0, 0.1) is 0 Å². The van der Waals surface area contributed by atoms with E-state index in [1.54, 1.807) is 0 Å². The Morgan fingerprint density at radius 3 is 2.02 bits per heavy atom. The van der Waals surface area contributed by atoms with Gasteiger partial charge in [-0.2, -0.15) is 0 Å². The molecule has 0 radical (unpaired) electrons. The van der Waals surface area contributed by atoms with Crippen molar-refractivity contribution in [3.8, 4) is 44.9 Å². The van der Waals surface area contributed by atoms with Crippen LogP contribution in [0.1, 0.15) is 0 Å². The number of hydrogen-bond acceptors (Lipinski definition) is 2. The molecule has 0 atom stereocenters. The molecule has 0 saturated heterocycles. The Balaban J connectivity index is 1.35. The summed E-state index contributed by atoms with van der Waals surface area (Å²) in [7, 11) is 0. The van der Waals surface area contributed by atoms with Gasteiger partial charge in [0.15, 0.2) is 0 Å². The standard InChI is InChI=1S/C38H22O2/c1-2-12-27-23(9-1)19-20-35-37(27)38-30(15-8-18-34(38)40-35)28-13-4-3-11-26(28)25-21-24-10-7-17-33-36(24)31(22-25)29-14-5-6-16-32(29)39-33/h1-22H. The van der Waals surface area contributed by atoms with Crippen molar-refractivity contribution in [3.05, 3.63) is 133 Å². The SMILES string of the molecule is c1ccc2c(c1)Oc1cccc3cc(-c4ccccc4-c4cccc5oc6ccc7ccccc7c6c45)cc-2c13. The van der Waals surface area contributed by atoms with Crippen LogP contribution in [0.25, 0.3) is 76.9 Å². The van der Waals surface area contributed by atoms with Crippen LogP contribution in [0.5, 0.6) is 11.5 Å². The van der Waals surface area contributed by atoms with Crippen molar-refractivity contribution in [2.45, 2.75) is 0 Å². The van der Waals surface area contributed by atoms with E-state index in [-0.39, 0.29) is 0 Å². The van der Waals surface area contributed by atoms with Gasteiger partial charge in [0.25, 0.3) is 0 Å². The fraction of sp³-hybridized carbons (Fsp3) is 0. The highest BCUT2D eigenvalue weighted by Crippen LogP contribution is 2.49. The monoisotopic (exact) mass is 510 g/mol. The summed E-state index contributed by atoms with van der Waals surface area (Å²) in [4.78, 5) is 0. The molecule has 2 heteroatoms. The number of benzene rings is 7. The Morgan fingerprint density at radius 1 is 0.375 bits per heavy atom. The smallest absolute Gasteiger partial charge is 0.136 e. The van der Waals surface area contributed by atoms with Crippen molar-refractivity contribution in [1.82, 2.24) is 0 Å². The molecule has 1 aliphatic heterocycles. The van der Waals surface area contributed by atoms with Crippen LogP contribution < -0.4 is 4.74 Å². The second kappa shape index (κ2) is 8.08. The first-order valence-electron chi connectivity index (χ1n) is 13.6. The molecule has 40 heavy (non-hydrogen) atoms. The summed E-state index contributed by atoms with van der Waals surface area (Å²) in [5.74, 6) is 1.81. The van der Waals surface area contributed by atoms with E-state index in [9.17, 15) is 0 Å². The van der Waals surface area contributed by atoms with Crippen molar-refractivity contribution in [2.75, 3.05) is 0 Å². The number of furan rings is 1. The molecular weight excluding hydrogens is 488 g/mol. The molecule has 1 aromatic heterocycles. The third kappa shape index (κ3) is 2.99. The van der Waals surface area contributed by atoms with Crippen LogP contribution in [0.4, 0.5) is 0 Å². The molecule has 0 unspecified atom stereocenters. The Morgan fingerprint density at radius 2 is 1.07 bits per heavy atom. The lowest BCUT2D eigenvalue weighted by Gasteiger charge is -2.22. The molecule has 0 aliphatic carbocycles. The molecular formula is C38H22O2. The predicted molar refractivity (Wildman–Crippen MR) is 165 cm³/mol. The van der Waals surface area contributed by atoms with Gasteiger partial charge in [-0.05, 0) is 80.4 Å². The summed E-state index contributed by atoms with van der Waals surface area (Å²) in [5.41, 5.74) is 8.89. The van der Waals surface area contributed by atoms with E-state index in [1.807, 2.05) is 12.1 Å². The molecule has 8 aromatic rings. The Bertz CT molecular complexity index is 2300. The second-order valence-corrected chi connectivity index (χ2v) is 10.5. The van der Waals surface area contributed by atoms with Gasteiger partial charge >= 0.3 is 0 Å². The topological polar surface area (TPSA) is 22.4 Å². The number of fused-ring (bicyclic) bond motifs is 7. The van der Waals surface area contributed by atoms with Crippen LogP contribution in [-0.2, 0) is 0 Å². The fourth-order valence-corrected chi connectivity index (χ4v) is 6.52. The van der Waals surface area contributed by atoms with Gasteiger partial charge in [0.1, 0.15) is 22.7 Å². The minimum Gasteiger partial charge on any atom is -0.456 e. The maximum atomic E-state index is 6.41. The lowest BCUT2D eigenvalue weighted by atomic mass is 9.87. The normalized spacial score (nSPS) is 12.2. The number of ether oxygens (including phenoxy) is 1. The van der Waals surface area contributed by atoms with Crippen LogP contribution >= 0.6 is 0 Å². The summed E-state index contributed by atoms with van der Waals surface area (Å²) in [6.07, 6.45) is 0. The lowest BCUT2D eigenvalue weighted by molar-refractivity contribution is 0.487. The third-order valence-electron chi connectivity index (χ3n) is 8.25. The first kappa shape index (κ1) is 21.6. The molecule has 0 bridgehead atoms. The highest BCUT2D eigenvalue weighted by atomic mass is 16.5. The van der Waals surface area contributed by atoms with Crippen molar-refractivity contribution < 1.29 is 9.15 Å². The van der Waals surface area contributed by atoms with E-state index in [1.165, 1.54) is 49.4 Å². The molecule has 0 fully saturated rings. The Hall–Kier alpha value is -5.34. The van der Waals surface area contributed by atoms with E-state index in [4.69, 9.17) is 9.15 Å². The van der Waals surface area contributed by atoms with Gasteiger partial charge in [0.2, 0.25) is 0 Å². The third-order valence-corrected chi connectivity index (χ3v) is 8.25. The van der Waals surface area contributed by atoms with Crippen molar-refractivity contribution in [1.29, 1.82) is 0 Å². The lowest BCUT2D eigenvalue weighted by Crippen LogP contribution is -1.97. The fourth-order valence-electron chi connectivity index (χ4n) is 6.52. The van der Waals surface area contributed by atoms with Gasteiger partial charge in [-0.15, -0.1) is 0 Å². The van der Waals surface area contributed by atoms with Crippen LogP contribution in [0.15, 0.2) is 138 Å². The number of para-hydroxylation sites is 1. The molecule has 0 spiro atoms. The van der Waals surface area contributed by atoms with Crippen molar-refractivity contribution in [3.63, 3.8) is 0 Å². The van der Waals surface area contributed by atoms with Gasteiger partial charge in [-0.3, -0.25) is 0 Å². The van der Waals surface area contributed by atoms with Gasteiger partial charge in [0, 0.05) is 21.7 Å². The molecule has 0 N–H and O–H groups in total. The van der Waals surface area contributed by atoms with E-state index in [0.29, 0.717) is 0 Å². The maximum Gasteiger partial charge on any atom is 0.136 e. The highest BCUT2D eigenvalue weighted by Gasteiger charge is 2.22. The van der Waals surface area contributed by atoms with Crippen molar-refractivity contribution in [2.24, 2.45) is 0 Å². The van der Waals surface area contributed by atoms with E-state index >= 15 is 0 Å². The van der Waals surface area contributed by atoms with Crippen molar-refractivity contribution >= 4 is 43.5 Å². The number of rotatable bonds is 2. The van der Waals surface area contributed by atoms with Gasteiger partial charge in [0.05, 0.1) is 0 Å². The quantitative estimate of drug-likeness (QED) is 0.231. The van der Waals surface area contributed by atoms with Gasteiger partial charge in [-0.25, -0.2) is 0 Å². The average Bonchev–Trinajstić information content (AvgIpc) is 3.41. The zero-order valence-corrected chi connectivity index (χ0v) is 21.5. The zero-order valence-electron chi connectivity index (χ0n) is 21.5. The Kier molecular flexibility index (Phi) is 4.36. The number of hydrogen-bond donors (Lipinski definition) is 0. The first-order valence-corrected chi connectivity index (χ1v) is 13.6. The zero-order chi connectivity index (χ0) is 26.2. The summed E-state index contributed by atoms with van der Waals surface area (Å²) < 4.78 is 12.7. The Labute approximate surface area is 230 Å². The minimum atomic E-state index is 0.898. The summed E-state index contributed by atoms with van der Waals surface area (Å²) in [5, 5.41) is 7.09. The van der Waals surface area contributed by atoms with Gasteiger partial charge in [-0.1, -0.05) is 97.1 Å². The minimum absolute atomic E-state index is 0.898. The predicted octanol–water partition coefficient (Wildman–Crippen LogP) is 11.0. The molecule has 2 heterocycles. The molecule has 0 saturated carbocycles. The van der Waals surface area contributed by atoms with Crippen LogP contribution in [-0.4, -0.2) is 0 Å².